The second kappa shape index (κ2) is 7.68. The number of pyridine rings is 1. The number of carbonyl (C=O) groups excluding carboxylic acids is 1. The van der Waals surface area contributed by atoms with Crippen molar-refractivity contribution in [3.05, 3.63) is 59.2 Å². The van der Waals surface area contributed by atoms with E-state index in [-0.39, 0.29) is 34.7 Å². The summed E-state index contributed by atoms with van der Waals surface area (Å²) in [5, 5.41) is 16.9. The maximum Gasteiger partial charge on any atom is 0.270 e. The highest BCUT2D eigenvalue weighted by atomic mass is 32.2. The van der Waals surface area contributed by atoms with E-state index >= 15 is 0 Å². The predicted octanol–water partition coefficient (Wildman–Crippen LogP) is 0.570. The van der Waals surface area contributed by atoms with Crippen molar-refractivity contribution in [2.45, 2.75) is 24.3 Å². The average molecular weight is 367 g/mol. The summed E-state index contributed by atoms with van der Waals surface area (Å²) in [6, 6.07) is 6.97. The van der Waals surface area contributed by atoms with Crippen LogP contribution in [-0.4, -0.2) is 37.1 Å². The van der Waals surface area contributed by atoms with E-state index in [4.69, 9.17) is 5.14 Å². The lowest BCUT2D eigenvalue weighted by molar-refractivity contribution is 0.0918. The Kier molecular flexibility index (Phi) is 5.83. The summed E-state index contributed by atoms with van der Waals surface area (Å²) < 4.78 is 37.7. The van der Waals surface area contributed by atoms with Gasteiger partial charge in [0.15, 0.2) is 0 Å². The molecule has 7 nitrogen and oxygen atoms in total. The highest BCUT2D eigenvalue weighted by molar-refractivity contribution is 7.89. The number of aromatic nitrogens is 1. The summed E-state index contributed by atoms with van der Waals surface area (Å²) in [5.41, 5.74) is 0.0126. The summed E-state index contributed by atoms with van der Waals surface area (Å²) in [6.07, 6.45) is 0.173. The topological polar surface area (TPSA) is 122 Å². The van der Waals surface area contributed by atoms with Crippen LogP contribution in [0.4, 0.5) is 4.39 Å². The Morgan fingerprint density at radius 3 is 2.64 bits per heavy atom. The third-order valence-corrected chi connectivity index (χ3v) is 4.41. The number of hydrogen-bond donors (Lipinski definition) is 3. The zero-order valence-electron chi connectivity index (χ0n) is 13.4. The lowest BCUT2D eigenvalue weighted by Crippen LogP contribution is -2.32. The number of aliphatic hydroxyl groups excluding tert-OH is 1. The van der Waals surface area contributed by atoms with Gasteiger partial charge >= 0.3 is 0 Å². The van der Waals surface area contributed by atoms with Crippen LogP contribution < -0.4 is 10.5 Å². The van der Waals surface area contributed by atoms with Gasteiger partial charge in [-0.2, -0.15) is 0 Å². The molecule has 4 N–H and O–H groups in total. The quantitative estimate of drug-likeness (QED) is 0.689. The maximum absolute atomic E-state index is 14.0. The first kappa shape index (κ1) is 19.0. The molecule has 0 spiro atoms. The molecule has 0 saturated heterocycles. The number of nitrogens with one attached hydrogen (secondary N) is 1. The molecule has 0 fully saturated rings. The van der Waals surface area contributed by atoms with Gasteiger partial charge in [-0.25, -0.2) is 17.9 Å². The molecule has 0 aliphatic heterocycles. The molecule has 0 bridgehead atoms. The minimum Gasteiger partial charge on any atom is -0.392 e. The molecule has 9 heteroatoms. The van der Waals surface area contributed by atoms with Gasteiger partial charge in [0, 0.05) is 24.7 Å². The van der Waals surface area contributed by atoms with E-state index in [0.29, 0.717) is 0 Å². The number of primary sulfonamides is 1. The molecule has 0 saturated carbocycles. The Morgan fingerprint density at radius 2 is 2.04 bits per heavy atom. The van der Waals surface area contributed by atoms with Crippen molar-refractivity contribution in [1.82, 2.24) is 10.3 Å². The Labute approximate surface area is 144 Å². The number of benzene rings is 1. The van der Waals surface area contributed by atoms with E-state index in [1.54, 1.807) is 6.07 Å². The SMILES string of the molecule is C[C@H](O)CNC(=O)c1nccc(S(N)(=O)=O)c1Cc1ccccc1F. The Balaban J connectivity index is 2.53. The fourth-order valence-corrected chi connectivity index (χ4v) is 3.03. The van der Waals surface area contributed by atoms with Crippen LogP contribution in [0.15, 0.2) is 41.4 Å². The first-order valence-electron chi connectivity index (χ1n) is 7.40. The van der Waals surface area contributed by atoms with Gasteiger partial charge in [0.05, 0.1) is 11.0 Å². The minimum atomic E-state index is -4.15. The summed E-state index contributed by atoms with van der Waals surface area (Å²) in [6.45, 7) is 1.44. The van der Waals surface area contributed by atoms with Gasteiger partial charge in [0.1, 0.15) is 11.5 Å². The van der Waals surface area contributed by atoms with Crippen LogP contribution in [-0.2, 0) is 16.4 Å². The number of halogens is 1. The molecule has 1 atom stereocenters. The third-order valence-electron chi connectivity index (χ3n) is 3.42. The van der Waals surface area contributed by atoms with Crippen LogP contribution in [0.5, 0.6) is 0 Å². The number of sulfonamides is 1. The predicted molar refractivity (Wildman–Crippen MR) is 88.8 cm³/mol. The Morgan fingerprint density at radius 1 is 1.36 bits per heavy atom. The number of nitrogens with zero attached hydrogens (tertiary/aromatic N) is 1. The smallest absolute Gasteiger partial charge is 0.270 e. The molecule has 0 unspecified atom stereocenters. The first-order chi connectivity index (χ1) is 11.7. The molecule has 0 aliphatic rings. The molecule has 25 heavy (non-hydrogen) atoms. The summed E-state index contributed by atoms with van der Waals surface area (Å²) in [4.78, 5) is 15.9. The number of nitrogens with two attached hydrogens (primary N) is 1. The van der Waals surface area contributed by atoms with Gasteiger partial charge in [-0.05, 0) is 24.6 Å². The van der Waals surface area contributed by atoms with E-state index < -0.39 is 27.9 Å². The van der Waals surface area contributed by atoms with E-state index in [0.717, 1.165) is 12.3 Å². The lowest BCUT2D eigenvalue weighted by atomic mass is 10.0. The van der Waals surface area contributed by atoms with Crippen molar-refractivity contribution >= 4 is 15.9 Å². The van der Waals surface area contributed by atoms with Crippen molar-refractivity contribution in [3.8, 4) is 0 Å². The highest BCUT2D eigenvalue weighted by Crippen LogP contribution is 2.22. The largest absolute Gasteiger partial charge is 0.392 e. The molecule has 0 aliphatic carbocycles. The molecular formula is C16H18FN3O4S. The summed E-state index contributed by atoms with van der Waals surface area (Å²) in [5.74, 6) is -1.22. The zero-order chi connectivity index (χ0) is 18.6. The van der Waals surface area contributed by atoms with Crippen molar-refractivity contribution in [1.29, 1.82) is 0 Å². The highest BCUT2D eigenvalue weighted by Gasteiger charge is 2.23. The monoisotopic (exact) mass is 367 g/mol. The van der Waals surface area contributed by atoms with Gasteiger partial charge in [0.2, 0.25) is 10.0 Å². The second-order valence-electron chi connectivity index (χ2n) is 5.51. The average Bonchev–Trinajstić information content (AvgIpc) is 2.54. The van der Waals surface area contributed by atoms with Crippen LogP contribution in [0, 0.1) is 5.82 Å². The Bertz CT molecular complexity index is 885. The van der Waals surface area contributed by atoms with Crippen LogP contribution >= 0.6 is 0 Å². The van der Waals surface area contributed by atoms with Crippen LogP contribution in [0.1, 0.15) is 28.5 Å². The summed E-state index contributed by atoms with van der Waals surface area (Å²) >= 11 is 0. The molecule has 0 radical (unpaired) electrons. The number of carbonyl (C=O) groups is 1. The molecule has 1 heterocycles. The van der Waals surface area contributed by atoms with Crippen LogP contribution in [0.3, 0.4) is 0 Å². The number of amides is 1. The van der Waals surface area contributed by atoms with Crippen molar-refractivity contribution in [3.63, 3.8) is 0 Å². The molecule has 1 amide bonds. The number of hydrogen-bond acceptors (Lipinski definition) is 5. The fourth-order valence-electron chi connectivity index (χ4n) is 2.26. The zero-order valence-corrected chi connectivity index (χ0v) is 14.3. The minimum absolute atomic E-state index is 0.00167. The summed E-state index contributed by atoms with van der Waals surface area (Å²) in [7, 11) is -4.15. The third kappa shape index (κ3) is 4.81. The van der Waals surface area contributed by atoms with Crippen LogP contribution in [0.25, 0.3) is 0 Å². The molecule has 1 aromatic carbocycles. The van der Waals surface area contributed by atoms with Gasteiger partial charge in [0.25, 0.3) is 5.91 Å². The lowest BCUT2D eigenvalue weighted by Gasteiger charge is -2.14. The van der Waals surface area contributed by atoms with E-state index in [2.05, 4.69) is 10.3 Å². The van der Waals surface area contributed by atoms with Crippen LogP contribution in [0.2, 0.25) is 0 Å². The van der Waals surface area contributed by atoms with Crippen molar-refractivity contribution < 1.29 is 22.7 Å². The maximum atomic E-state index is 14.0. The second-order valence-corrected chi connectivity index (χ2v) is 7.04. The molecule has 134 valence electrons. The van der Waals surface area contributed by atoms with Gasteiger partial charge < -0.3 is 10.4 Å². The van der Waals surface area contributed by atoms with E-state index in [1.165, 1.54) is 25.1 Å². The van der Waals surface area contributed by atoms with Crippen molar-refractivity contribution in [2.24, 2.45) is 5.14 Å². The Hall–Kier alpha value is -2.36. The van der Waals surface area contributed by atoms with Gasteiger partial charge in [-0.3, -0.25) is 9.78 Å². The number of aliphatic hydroxyl groups is 1. The molecular weight excluding hydrogens is 349 g/mol. The first-order valence-corrected chi connectivity index (χ1v) is 8.95. The number of rotatable bonds is 6. The normalized spacial score (nSPS) is 12.6. The fraction of sp³-hybridized carbons (Fsp3) is 0.250. The standard InChI is InChI=1S/C16H18FN3O4S/c1-10(21)9-20-16(22)15-12(8-11-4-2-3-5-13(11)17)14(6-7-19-15)25(18,23)24/h2-7,10,21H,8-9H2,1H3,(H,20,22)(H2,18,23,24)/t10-/m0/s1. The molecule has 2 rings (SSSR count). The van der Waals surface area contributed by atoms with Gasteiger partial charge in [-0.15, -0.1) is 0 Å². The van der Waals surface area contributed by atoms with E-state index in [1.807, 2.05) is 0 Å². The van der Waals surface area contributed by atoms with E-state index in [9.17, 15) is 22.7 Å². The molecule has 2 aromatic rings. The van der Waals surface area contributed by atoms with Gasteiger partial charge in [-0.1, -0.05) is 18.2 Å². The van der Waals surface area contributed by atoms with Crippen molar-refractivity contribution in [2.75, 3.05) is 6.54 Å². The molecule has 1 aromatic heterocycles.